The molecule has 9 aromatic rings. The summed E-state index contributed by atoms with van der Waals surface area (Å²) in [5.74, 6) is 5.62. The molecule has 4 nitrogen and oxygen atoms in total. The van der Waals surface area contributed by atoms with Gasteiger partial charge in [-0.25, -0.2) is 0 Å². The van der Waals surface area contributed by atoms with E-state index in [1.165, 1.54) is 66.8 Å². The fourth-order valence-corrected chi connectivity index (χ4v) is 13.0. The summed E-state index contributed by atoms with van der Waals surface area (Å²) in [6.07, 6.45) is 4.00. The number of hydrogen-bond donors (Lipinski definition) is 0. The van der Waals surface area contributed by atoms with Crippen LogP contribution < -0.4 is 52.1 Å². The molecule has 4 heterocycles. The van der Waals surface area contributed by atoms with Gasteiger partial charge in [-0.1, -0.05) is 189 Å². The van der Waals surface area contributed by atoms with Gasteiger partial charge in [0.15, 0.2) is 0 Å². The van der Waals surface area contributed by atoms with Crippen LogP contribution in [-0.4, -0.2) is 13.4 Å². The zero-order valence-corrected chi connectivity index (χ0v) is 45.3. The summed E-state index contributed by atoms with van der Waals surface area (Å²) in [4.78, 5) is 5.06. The molecule has 0 aliphatic carbocycles. The molecule has 0 saturated heterocycles. The summed E-state index contributed by atoms with van der Waals surface area (Å²) < 4.78 is 15.6. The van der Waals surface area contributed by atoms with E-state index < -0.39 is 0 Å². The maximum atomic E-state index is 7.82. The second-order valence-electron chi connectivity index (χ2n) is 23.7. The van der Waals surface area contributed by atoms with Crippen molar-refractivity contribution >= 4 is 80.3 Å². The Hall–Kier alpha value is -7.69. The van der Waals surface area contributed by atoms with Crippen LogP contribution in [0.5, 0.6) is 23.0 Å². The van der Waals surface area contributed by atoms with Crippen LogP contribution in [0, 0.1) is 23.7 Å². The van der Waals surface area contributed by atoms with Gasteiger partial charge in [-0.2, -0.15) is 0 Å². The van der Waals surface area contributed by atoms with Crippen molar-refractivity contribution in [2.24, 2.45) is 23.7 Å². The average molecular weight is 989 g/mol. The summed E-state index contributed by atoms with van der Waals surface area (Å²) in [6, 6.07) is 68.7. The molecule has 0 amide bonds. The molecule has 9 aromatic carbocycles. The Kier molecular flexibility index (Phi) is 12.1. The number of hydrogen-bond acceptors (Lipinski definition) is 4. The van der Waals surface area contributed by atoms with Crippen molar-refractivity contribution in [2.75, 3.05) is 9.80 Å². The highest BCUT2D eigenvalue weighted by Crippen LogP contribution is 2.54. The minimum atomic E-state index is -0.175. The normalized spacial score (nSPS) is 13.5. The quantitative estimate of drug-likeness (QED) is 0.114. The second kappa shape index (κ2) is 19.2. The number of rotatable bonds is 12. The monoisotopic (exact) mass is 989 g/mol. The van der Waals surface area contributed by atoms with Gasteiger partial charge >= 0.3 is 0 Å². The van der Waals surface area contributed by atoms with Crippen LogP contribution in [0.25, 0.3) is 22.3 Å². The van der Waals surface area contributed by atoms with Crippen molar-refractivity contribution in [1.29, 1.82) is 0 Å². The first-order chi connectivity index (χ1) is 36.9. The molecular weight excluding hydrogens is 922 g/mol. The highest BCUT2D eigenvalue weighted by molar-refractivity contribution is 7.02. The summed E-state index contributed by atoms with van der Waals surface area (Å²) >= 11 is 0. The Morgan fingerprint density at radius 1 is 0.342 bits per heavy atom. The van der Waals surface area contributed by atoms with Crippen LogP contribution in [0.2, 0.25) is 0 Å². The van der Waals surface area contributed by atoms with Crippen molar-refractivity contribution in [2.45, 2.75) is 81.1 Å². The lowest BCUT2D eigenvalue weighted by Crippen LogP contribution is -2.64. The first-order valence-corrected chi connectivity index (χ1v) is 28.0. The zero-order chi connectivity index (χ0) is 51.9. The summed E-state index contributed by atoms with van der Waals surface area (Å²) in [6.45, 7) is 18.2. The molecule has 0 unspecified atom stereocenters. The van der Waals surface area contributed by atoms with Gasteiger partial charge in [-0.3, -0.25) is 0 Å². The highest BCUT2D eigenvalue weighted by Gasteiger charge is 2.52. The van der Waals surface area contributed by atoms with Crippen LogP contribution in [0.15, 0.2) is 182 Å². The van der Waals surface area contributed by atoms with Gasteiger partial charge in [0.1, 0.15) is 23.0 Å². The van der Waals surface area contributed by atoms with Gasteiger partial charge in [-0.15, -0.1) is 0 Å². The predicted octanol–water partition coefficient (Wildman–Crippen LogP) is 14.6. The number of nitrogens with zero attached hydrogens (tertiary/aromatic N) is 2. The SMILES string of the molecule is CC(C)Cc1ccc(N2c3ccc(CC(C)C)cc3B3c4cc(-c5ccccc5)ccc4Oc4c3c2c2c3c4N(c4ccc(CC(C)C)cc4)c4ccc(CC(C)C)cc4B3c3cc(-c4ccccc4)ccc3O2)cc1. The van der Waals surface area contributed by atoms with E-state index in [1.54, 1.807) is 0 Å². The van der Waals surface area contributed by atoms with Gasteiger partial charge in [0.25, 0.3) is 13.4 Å². The summed E-state index contributed by atoms with van der Waals surface area (Å²) in [5.41, 5.74) is 23.8. The van der Waals surface area contributed by atoms with E-state index in [0.29, 0.717) is 23.7 Å². The summed E-state index contributed by atoms with van der Waals surface area (Å²) in [5, 5.41) is 0. The van der Waals surface area contributed by atoms with Crippen molar-refractivity contribution in [3.05, 3.63) is 204 Å². The lowest BCUT2D eigenvalue weighted by atomic mass is 9.31. The lowest BCUT2D eigenvalue weighted by molar-refractivity contribution is 0.477. The zero-order valence-electron chi connectivity index (χ0n) is 45.3. The molecule has 0 bridgehead atoms. The maximum absolute atomic E-state index is 7.82. The first-order valence-electron chi connectivity index (χ1n) is 28.0. The lowest BCUT2D eigenvalue weighted by Gasteiger charge is -2.47. The summed E-state index contributed by atoms with van der Waals surface area (Å²) in [7, 11) is 0. The highest BCUT2D eigenvalue weighted by atomic mass is 16.5. The van der Waals surface area contributed by atoms with Gasteiger partial charge in [0.05, 0.1) is 11.4 Å². The smallest absolute Gasteiger partial charge is 0.256 e. The molecule has 4 aliphatic heterocycles. The van der Waals surface area contributed by atoms with E-state index in [-0.39, 0.29) is 13.4 Å². The van der Waals surface area contributed by atoms with Gasteiger partial charge in [-0.05, 0) is 164 Å². The Labute approximate surface area is 451 Å². The molecule has 13 rings (SSSR count). The van der Waals surface area contributed by atoms with Crippen LogP contribution in [-0.2, 0) is 25.7 Å². The molecule has 76 heavy (non-hydrogen) atoms. The van der Waals surface area contributed by atoms with E-state index in [0.717, 1.165) is 93.3 Å². The van der Waals surface area contributed by atoms with E-state index >= 15 is 0 Å². The standard InChI is InChI=1S/C70H66B2N2O2/c1-43(2)35-47-19-27-55(28-20-47)73-61-31-23-49(37-45(5)6)39-57(61)71-59-41-53(51-15-11-9-12-16-51)26-34-64(59)76-70-65(71)67(73)69-66-68(70)74(56-29-21-48(22-30-56)36-44(3)4)62-32-24-50(38-46(7)8)40-58(62)72(66)60-42-54(25-33-63(60)75-69)52-17-13-10-14-18-52/h9-34,39-46H,35-38H2,1-8H3. The number of ether oxygens (including phenoxy) is 2. The third-order valence-electron chi connectivity index (χ3n) is 16.0. The topological polar surface area (TPSA) is 24.9 Å². The Morgan fingerprint density at radius 2 is 0.697 bits per heavy atom. The molecular formula is C70H66B2N2O2. The third kappa shape index (κ3) is 8.33. The largest absolute Gasteiger partial charge is 0.456 e. The van der Waals surface area contributed by atoms with Crippen molar-refractivity contribution in [1.82, 2.24) is 0 Å². The molecule has 6 heteroatoms. The third-order valence-corrected chi connectivity index (χ3v) is 16.0. The van der Waals surface area contributed by atoms with Crippen LogP contribution in [0.3, 0.4) is 0 Å². The minimum Gasteiger partial charge on any atom is -0.456 e. The van der Waals surface area contributed by atoms with Crippen molar-refractivity contribution < 1.29 is 9.47 Å². The van der Waals surface area contributed by atoms with Crippen LogP contribution in [0.4, 0.5) is 34.1 Å². The number of fused-ring (bicyclic) bond motifs is 10. The van der Waals surface area contributed by atoms with Crippen LogP contribution in [0.1, 0.15) is 77.6 Å². The molecule has 0 saturated carbocycles. The predicted molar refractivity (Wildman–Crippen MR) is 323 cm³/mol. The van der Waals surface area contributed by atoms with E-state index in [4.69, 9.17) is 9.47 Å². The maximum Gasteiger partial charge on any atom is 0.256 e. The average Bonchev–Trinajstić information content (AvgIpc) is 3.43. The van der Waals surface area contributed by atoms with E-state index in [2.05, 4.69) is 247 Å². The fourth-order valence-electron chi connectivity index (χ4n) is 13.0. The molecule has 0 spiro atoms. The molecule has 4 aliphatic rings. The Bertz CT molecular complexity index is 3430. The van der Waals surface area contributed by atoms with Gasteiger partial charge in [0.2, 0.25) is 0 Å². The second-order valence-corrected chi connectivity index (χ2v) is 23.7. The molecule has 0 N–H and O–H groups in total. The van der Waals surface area contributed by atoms with Gasteiger partial charge in [0, 0.05) is 33.7 Å². The van der Waals surface area contributed by atoms with Crippen molar-refractivity contribution in [3.63, 3.8) is 0 Å². The van der Waals surface area contributed by atoms with Crippen molar-refractivity contribution in [3.8, 4) is 45.3 Å². The number of anilines is 6. The minimum absolute atomic E-state index is 0.175. The van der Waals surface area contributed by atoms with E-state index in [9.17, 15) is 0 Å². The molecule has 0 aromatic heterocycles. The van der Waals surface area contributed by atoms with Crippen LogP contribution >= 0.6 is 0 Å². The Morgan fingerprint density at radius 3 is 1.07 bits per heavy atom. The Balaban J connectivity index is 1.17. The molecule has 0 atom stereocenters. The molecule has 374 valence electrons. The number of benzene rings is 9. The molecule has 0 fully saturated rings. The van der Waals surface area contributed by atoms with Gasteiger partial charge < -0.3 is 19.3 Å². The first kappa shape index (κ1) is 48.0. The van der Waals surface area contributed by atoms with E-state index in [1.807, 2.05) is 0 Å². The molecule has 0 radical (unpaired) electrons. The fraction of sp³-hybridized carbons (Fsp3) is 0.229.